The number of hydrogen-bond donors (Lipinski definition) is 2. The summed E-state index contributed by atoms with van der Waals surface area (Å²) in [4.78, 5) is 19.4. The van der Waals surface area contributed by atoms with Gasteiger partial charge in [-0.2, -0.15) is 0 Å². The van der Waals surface area contributed by atoms with E-state index in [1.807, 2.05) is 0 Å². The minimum absolute atomic E-state index is 0.0938. The molecule has 0 radical (unpaired) electrons. The van der Waals surface area contributed by atoms with Crippen LogP contribution in [0.4, 0.5) is 8.78 Å². The van der Waals surface area contributed by atoms with E-state index in [1.165, 1.54) is 6.20 Å². The van der Waals surface area contributed by atoms with Gasteiger partial charge in [0.15, 0.2) is 22.3 Å². The van der Waals surface area contributed by atoms with Crippen molar-refractivity contribution in [2.75, 3.05) is 6.61 Å². The number of oxazole rings is 1. The standard InChI is InChI=1S/C17H11BrClF2N3O4/c18-15-14(7-1-4-11(19)23-5-7)24-17(28-15)10(6-25)27-9-3-2-8(20)12(13(9)21)16(22)26/h1-5,10,25H,6H2,(H2,22,26). The van der Waals surface area contributed by atoms with Gasteiger partial charge in [0.25, 0.3) is 5.91 Å². The molecule has 2 heterocycles. The van der Waals surface area contributed by atoms with E-state index in [0.717, 1.165) is 12.1 Å². The first kappa shape index (κ1) is 20.2. The molecule has 11 heteroatoms. The highest BCUT2D eigenvalue weighted by atomic mass is 79.9. The number of hydrogen-bond acceptors (Lipinski definition) is 6. The van der Waals surface area contributed by atoms with Gasteiger partial charge in [-0.05, 0) is 40.2 Å². The molecular formula is C17H11BrClF2N3O4. The number of amides is 1. The van der Waals surface area contributed by atoms with E-state index >= 15 is 0 Å². The van der Waals surface area contributed by atoms with Crippen LogP contribution >= 0.6 is 27.5 Å². The van der Waals surface area contributed by atoms with Crippen molar-refractivity contribution in [1.29, 1.82) is 0 Å². The molecule has 3 N–H and O–H groups in total. The maximum Gasteiger partial charge on any atom is 0.254 e. The van der Waals surface area contributed by atoms with Crippen molar-refractivity contribution < 1.29 is 27.8 Å². The molecule has 0 aliphatic rings. The second kappa shape index (κ2) is 8.21. The number of primary amides is 1. The number of ether oxygens (including phenoxy) is 1. The number of aromatic nitrogens is 2. The summed E-state index contributed by atoms with van der Waals surface area (Å²) >= 11 is 8.95. The van der Waals surface area contributed by atoms with Crippen molar-refractivity contribution in [3.05, 3.63) is 63.4 Å². The van der Waals surface area contributed by atoms with E-state index < -0.39 is 41.6 Å². The number of pyridine rings is 1. The van der Waals surface area contributed by atoms with Crippen LogP contribution in [0, 0.1) is 11.6 Å². The molecule has 0 saturated carbocycles. The van der Waals surface area contributed by atoms with Crippen LogP contribution in [0.5, 0.6) is 5.75 Å². The number of carbonyl (C=O) groups is 1. The fourth-order valence-electron chi connectivity index (χ4n) is 2.32. The first-order valence-corrected chi connectivity index (χ1v) is 8.82. The second-order valence-electron chi connectivity index (χ2n) is 5.43. The summed E-state index contributed by atoms with van der Waals surface area (Å²) in [5, 5.41) is 9.90. The fraction of sp³-hybridized carbons (Fsp3) is 0.118. The third kappa shape index (κ3) is 3.98. The number of halogens is 4. The van der Waals surface area contributed by atoms with E-state index in [1.54, 1.807) is 12.1 Å². The third-order valence-corrected chi connectivity index (χ3v) is 4.38. The zero-order valence-corrected chi connectivity index (χ0v) is 16.2. The Labute approximate surface area is 170 Å². The van der Waals surface area contributed by atoms with Gasteiger partial charge in [-0.25, -0.2) is 18.7 Å². The zero-order chi connectivity index (χ0) is 20.4. The van der Waals surface area contributed by atoms with Gasteiger partial charge < -0.3 is 20.0 Å². The molecule has 28 heavy (non-hydrogen) atoms. The van der Waals surface area contributed by atoms with Gasteiger partial charge >= 0.3 is 0 Å². The second-order valence-corrected chi connectivity index (χ2v) is 6.54. The number of rotatable bonds is 6. The van der Waals surface area contributed by atoms with Crippen molar-refractivity contribution in [2.24, 2.45) is 5.73 Å². The van der Waals surface area contributed by atoms with E-state index in [9.17, 15) is 18.7 Å². The van der Waals surface area contributed by atoms with Crippen molar-refractivity contribution >= 4 is 33.4 Å². The lowest BCUT2D eigenvalue weighted by atomic mass is 10.1. The van der Waals surface area contributed by atoms with E-state index in [0.29, 0.717) is 11.3 Å². The molecule has 0 fully saturated rings. The van der Waals surface area contributed by atoms with Crippen LogP contribution in [-0.2, 0) is 0 Å². The maximum atomic E-state index is 14.4. The van der Waals surface area contributed by atoms with Crippen LogP contribution in [0.2, 0.25) is 5.15 Å². The van der Waals surface area contributed by atoms with Crippen molar-refractivity contribution in [1.82, 2.24) is 9.97 Å². The maximum absolute atomic E-state index is 14.4. The molecule has 3 rings (SSSR count). The van der Waals surface area contributed by atoms with E-state index in [-0.39, 0.29) is 15.7 Å². The molecule has 1 aromatic carbocycles. The normalized spacial score (nSPS) is 12.0. The van der Waals surface area contributed by atoms with E-state index in [4.69, 9.17) is 26.5 Å². The Kier molecular flexibility index (Phi) is 5.92. The lowest BCUT2D eigenvalue weighted by Crippen LogP contribution is -2.18. The molecule has 1 amide bonds. The summed E-state index contributed by atoms with van der Waals surface area (Å²) in [6.45, 7) is -0.645. The van der Waals surface area contributed by atoms with E-state index in [2.05, 4.69) is 25.9 Å². The Morgan fingerprint density at radius 2 is 2.11 bits per heavy atom. The van der Waals surface area contributed by atoms with Crippen LogP contribution in [0.1, 0.15) is 22.4 Å². The average molecular weight is 475 g/mol. The first-order valence-electron chi connectivity index (χ1n) is 7.65. The number of aliphatic hydroxyl groups excluding tert-OH is 1. The Bertz CT molecular complexity index is 1030. The first-order chi connectivity index (χ1) is 13.3. The smallest absolute Gasteiger partial charge is 0.254 e. The quantitative estimate of drug-likeness (QED) is 0.528. The summed E-state index contributed by atoms with van der Waals surface area (Å²) in [5.74, 6) is -4.31. The van der Waals surface area contributed by atoms with Crippen molar-refractivity contribution in [3.63, 3.8) is 0 Å². The predicted molar refractivity (Wildman–Crippen MR) is 97.8 cm³/mol. The molecule has 7 nitrogen and oxygen atoms in total. The fourth-order valence-corrected chi connectivity index (χ4v) is 2.91. The molecule has 1 unspecified atom stereocenters. The Morgan fingerprint density at radius 1 is 1.36 bits per heavy atom. The molecule has 0 bridgehead atoms. The molecule has 1 atom stereocenters. The minimum atomic E-state index is -1.29. The molecule has 0 saturated heterocycles. The number of nitrogens with zero attached hydrogens (tertiary/aromatic N) is 2. The van der Waals surface area contributed by atoms with Crippen LogP contribution in [0.15, 0.2) is 39.5 Å². The van der Waals surface area contributed by atoms with Crippen molar-refractivity contribution in [3.8, 4) is 17.0 Å². The van der Waals surface area contributed by atoms with Gasteiger partial charge in [0.05, 0.1) is 6.61 Å². The minimum Gasteiger partial charge on any atom is -0.475 e. The molecule has 146 valence electrons. The Morgan fingerprint density at radius 3 is 2.71 bits per heavy atom. The number of nitrogens with two attached hydrogens (primary N) is 1. The highest BCUT2D eigenvalue weighted by molar-refractivity contribution is 9.10. The highest BCUT2D eigenvalue weighted by Crippen LogP contribution is 2.33. The summed E-state index contributed by atoms with van der Waals surface area (Å²) in [6, 6.07) is 4.98. The summed E-state index contributed by atoms with van der Waals surface area (Å²) in [7, 11) is 0. The lowest BCUT2D eigenvalue weighted by molar-refractivity contribution is 0.0880. The molecular weight excluding hydrogens is 464 g/mol. The van der Waals surface area contributed by atoms with Gasteiger partial charge in [0.1, 0.15) is 22.2 Å². The Balaban J connectivity index is 1.93. The zero-order valence-electron chi connectivity index (χ0n) is 13.8. The van der Waals surface area contributed by atoms with Gasteiger partial charge in [0.2, 0.25) is 5.89 Å². The van der Waals surface area contributed by atoms with Crippen LogP contribution in [0.25, 0.3) is 11.3 Å². The van der Waals surface area contributed by atoms with Gasteiger partial charge in [-0.15, -0.1) is 0 Å². The molecule has 2 aromatic heterocycles. The predicted octanol–water partition coefficient (Wildman–Crippen LogP) is 3.64. The summed E-state index contributed by atoms with van der Waals surface area (Å²) in [6.07, 6.45) is 0.216. The van der Waals surface area contributed by atoms with Gasteiger partial charge in [-0.1, -0.05) is 11.6 Å². The Hall–Kier alpha value is -2.56. The number of aliphatic hydroxyl groups is 1. The molecule has 3 aromatic rings. The van der Waals surface area contributed by atoms with Crippen LogP contribution in [0.3, 0.4) is 0 Å². The molecule has 0 aliphatic heterocycles. The lowest BCUT2D eigenvalue weighted by Gasteiger charge is -2.15. The largest absolute Gasteiger partial charge is 0.475 e. The molecule has 0 aliphatic carbocycles. The highest BCUT2D eigenvalue weighted by Gasteiger charge is 2.26. The number of benzene rings is 1. The average Bonchev–Trinajstić information content (AvgIpc) is 3.03. The molecule has 0 spiro atoms. The summed E-state index contributed by atoms with van der Waals surface area (Å²) in [5.41, 5.74) is 4.94. The van der Waals surface area contributed by atoms with Gasteiger partial charge in [0, 0.05) is 11.8 Å². The van der Waals surface area contributed by atoms with Crippen molar-refractivity contribution in [2.45, 2.75) is 6.10 Å². The van der Waals surface area contributed by atoms with Crippen LogP contribution < -0.4 is 10.5 Å². The van der Waals surface area contributed by atoms with Crippen LogP contribution in [-0.4, -0.2) is 27.6 Å². The van der Waals surface area contributed by atoms with Gasteiger partial charge in [-0.3, -0.25) is 4.79 Å². The SMILES string of the molecule is NC(=O)c1c(F)ccc(OC(CO)c2nc(-c3ccc(Cl)nc3)c(Br)o2)c1F. The third-order valence-electron chi connectivity index (χ3n) is 3.62. The monoisotopic (exact) mass is 473 g/mol. The summed E-state index contributed by atoms with van der Waals surface area (Å²) < 4.78 is 38.9. The topological polar surface area (TPSA) is 111 Å². The number of carbonyl (C=O) groups excluding carboxylic acids is 1.